The Hall–Kier alpha value is -4.09. The van der Waals surface area contributed by atoms with Crippen molar-refractivity contribution in [2.45, 2.75) is 84.0 Å². The number of carbonyl (C=O) groups is 3. The highest BCUT2D eigenvalue weighted by Crippen LogP contribution is 2.23. The number of aromatic nitrogens is 2. The second kappa shape index (κ2) is 18.3. The van der Waals surface area contributed by atoms with Gasteiger partial charge in [-0.1, -0.05) is 74.5 Å². The van der Waals surface area contributed by atoms with Gasteiger partial charge in [-0.25, -0.2) is 14.6 Å². The average molecular weight is 676 g/mol. The molecule has 11 heteroatoms. The minimum atomic E-state index is -0.648. The maximum Gasteiger partial charge on any atom is 0.407 e. The van der Waals surface area contributed by atoms with Crippen molar-refractivity contribution in [1.29, 1.82) is 0 Å². The molecule has 0 radical (unpaired) electrons. The zero-order valence-corrected chi connectivity index (χ0v) is 29.2. The number of ether oxygens (including phenoxy) is 1. The first kappa shape index (κ1) is 35.8. The third-order valence-electron chi connectivity index (χ3n) is 7.89. The highest BCUT2D eigenvalue weighted by atomic mass is 32.1. The molecular formula is C36H45N5O4S2. The molecule has 2 heterocycles. The van der Waals surface area contributed by atoms with E-state index in [4.69, 9.17) is 4.74 Å². The zero-order chi connectivity index (χ0) is 33.6. The number of hydrogen-bond donors (Lipinski definition) is 2. The Labute approximate surface area is 285 Å². The minimum Gasteiger partial charge on any atom is -0.444 e. The van der Waals surface area contributed by atoms with Gasteiger partial charge in [0.05, 0.1) is 33.7 Å². The molecule has 3 atom stereocenters. The number of rotatable bonds is 17. The summed E-state index contributed by atoms with van der Waals surface area (Å²) in [6, 6.07) is 19.0. The smallest absolute Gasteiger partial charge is 0.407 e. The molecule has 0 bridgehead atoms. The number of nitrogens with one attached hydrogen (secondary N) is 2. The van der Waals surface area contributed by atoms with Crippen LogP contribution in [-0.2, 0) is 35.5 Å². The summed E-state index contributed by atoms with van der Waals surface area (Å²) < 4.78 is 5.48. The average Bonchev–Trinajstić information content (AvgIpc) is 3.76. The van der Waals surface area contributed by atoms with E-state index in [0.29, 0.717) is 44.6 Å². The number of hydrogen-bond acceptors (Lipinski definition) is 8. The highest BCUT2D eigenvalue weighted by Gasteiger charge is 2.24. The summed E-state index contributed by atoms with van der Waals surface area (Å²) in [7, 11) is 1.71. The first-order valence-electron chi connectivity index (χ1n) is 16.0. The van der Waals surface area contributed by atoms with Gasteiger partial charge in [0.15, 0.2) is 5.78 Å². The van der Waals surface area contributed by atoms with Gasteiger partial charge in [0.25, 0.3) is 0 Å². The second-order valence-electron chi connectivity index (χ2n) is 12.2. The minimum absolute atomic E-state index is 0.0136. The van der Waals surface area contributed by atoms with Crippen LogP contribution < -0.4 is 10.6 Å². The molecule has 0 fully saturated rings. The van der Waals surface area contributed by atoms with Crippen molar-refractivity contribution in [3.05, 3.63) is 104 Å². The fraction of sp³-hybridized carbons (Fsp3) is 0.417. The Morgan fingerprint density at radius 1 is 0.894 bits per heavy atom. The van der Waals surface area contributed by atoms with Crippen LogP contribution in [0.4, 0.5) is 9.59 Å². The molecule has 4 aromatic rings. The number of alkyl carbamates (subject to hydrolysis) is 1. The van der Waals surface area contributed by atoms with E-state index in [2.05, 4.69) is 46.6 Å². The Kier molecular flexibility index (Phi) is 13.9. The molecular weight excluding hydrogens is 631 g/mol. The molecule has 0 spiro atoms. The molecule has 3 unspecified atom stereocenters. The van der Waals surface area contributed by atoms with E-state index in [-0.39, 0.29) is 30.4 Å². The number of carbonyl (C=O) groups excluding carboxylic acids is 3. The van der Waals surface area contributed by atoms with Crippen molar-refractivity contribution in [2.24, 2.45) is 5.92 Å². The van der Waals surface area contributed by atoms with E-state index in [0.717, 1.165) is 26.7 Å². The molecule has 4 rings (SSSR count). The topological polar surface area (TPSA) is 114 Å². The van der Waals surface area contributed by atoms with Gasteiger partial charge in [-0.3, -0.25) is 9.78 Å². The van der Waals surface area contributed by atoms with Gasteiger partial charge in [-0.2, -0.15) is 0 Å². The monoisotopic (exact) mass is 675 g/mol. The third kappa shape index (κ3) is 12.2. The lowest BCUT2D eigenvalue weighted by Crippen LogP contribution is -2.45. The lowest BCUT2D eigenvalue weighted by atomic mass is 9.87. The van der Waals surface area contributed by atoms with Gasteiger partial charge < -0.3 is 20.3 Å². The number of thiazole rings is 2. The maximum atomic E-state index is 13.5. The molecule has 250 valence electrons. The fourth-order valence-corrected chi connectivity index (χ4v) is 6.59. The van der Waals surface area contributed by atoms with Crippen molar-refractivity contribution in [3.8, 4) is 0 Å². The number of amides is 3. The number of benzene rings is 2. The van der Waals surface area contributed by atoms with Crippen LogP contribution in [0.1, 0.15) is 72.7 Å². The summed E-state index contributed by atoms with van der Waals surface area (Å²) in [6.45, 7) is 6.47. The Morgan fingerprint density at radius 3 is 2.19 bits per heavy atom. The summed E-state index contributed by atoms with van der Waals surface area (Å²) in [5, 5.41) is 8.96. The number of Topliss-reactive ketones (excluding diaryl/α,β-unsaturated/α-hetero) is 1. The van der Waals surface area contributed by atoms with E-state index in [1.807, 2.05) is 53.9 Å². The molecule has 9 nitrogen and oxygen atoms in total. The molecule has 47 heavy (non-hydrogen) atoms. The molecule has 3 amide bonds. The van der Waals surface area contributed by atoms with E-state index in [9.17, 15) is 14.4 Å². The Bertz CT molecular complexity index is 1530. The fourth-order valence-electron chi connectivity index (χ4n) is 5.26. The van der Waals surface area contributed by atoms with Crippen molar-refractivity contribution in [3.63, 3.8) is 0 Å². The largest absolute Gasteiger partial charge is 0.444 e. The summed E-state index contributed by atoms with van der Waals surface area (Å²) in [5.74, 6) is 0.321. The third-order valence-corrected chi connectivity index (χ3v) is 9.84. The quantitative estimate of drug-likeness (QED) is 0.121. The van der Waals surface area contributed by atoms with Crippen LogP contribution in [-0.4, -0.2) is 51.9 Å². The van der Waals surface area contributed by atoms with Gasteiger partial charge >= 0.3 is 12.1 Å². The predicted octanol–water partition coefficient (Wildman–Crippen LogP) is 7.39. The molecule has 0 saturated heterocycles. The summed E-state index contributed by atoms with van der Waals surface area (Å²) in [5.41, 5.74) is 4.79. The first-order valence-corrected chi connectivity index (χ1v) is 17.8. The summed E-state index contributed by atoms with van der Waals surface area (Å²) >= 11 is 3.03. The van der Waals surface area contributed by atoms with Crippen molar-refractivity contribution < 1.29 is 19.1 Å². The van der Waals surface area contributed by atoms with E-state index in [1.54, 1.807) is 41.9 Å². The van der Waals surface area contributed by atoms with E-state index in [1.165, 1.54) is 11.3 Å². The van der Waals surface area contributed by atoms with Crippen LogP contribution in [0.25, 0.3) is 0 Å². The Balaban J connectivity index is 1.37. The normalized spacial score (nSPS) is 13.0. The molecule has 0 aliphatic heterocycles. The molecule has 0 aliphatic rings. The molecule has 2 aromatic heterocycles. The van der Waals surface area contributed by atoms with Crippen LogP contribution in [0.2, 0.25) is 0 Å². The molecule has 0 aliphatic carbocycles. The van der Waals surface area contributed by atoms with Crippen LogP contribution in [0.3, 0.4) is 0 Å². The summed E-state index contributed by atoms with van der Waals surface area (Å²) in [4.78, 5) is 50.4. The van der Waals surface area contributed by atoms with Crippen LogP contribution in [0.5, 0.6) is 0 Å². The van der Waals surface area contributed by atoms with Crippen LogP contribution >= 0.6 is 22.7 Å². The standard InChI is InChI=1S/C36H45N5O4S2/c1-25(2)34-39-31(23-46-34)21-41(4)35(43)38-26(3)33(42)19-29(17-27-11-7-5-8-12-27)15-16-30(18-28-13-9-6-10-14-28)40-36(44)45-22-32-20-37-24-47-32/h5-14,20,23-26,29-30H,15-19,21-22H2,1-4H3,(H,38,43)(H,40,44). The van der Waals surface area contributed by atoms with Crippen LogP contribution in [0.15, 0.2) is 77.8 Å². The number of nitrogens with zero attached hydrogens (tertiary/aromatic N) is 3. The molecule has 2 aromatic carbocycles. The highest BCUT2D eigenvalue weighted by molar-refractivity contribution is 7.09. The van der Waals surface area contributed by atoms with Gasteiger partial charge in [-0.05, 0) is 49.7 Å². The van der Waals surface area contributed by atoms with Gasteiger partial charge in [-0.15, -0.1) is 22.7 Å². The van der Waals surface area contributed by atoms with Crippen molar-refractivity contribution >= 4 is 40.6 Å². The first-order chi connectivity index (χ1) is 22.7. The lowest BCUT2D eigenvalue weighted by molar-refractivity contribution is -0.121. The predicted molar refractivity (Wildman–Crippen MR) is 188 cm³/mol. The van der Waals surface area contributed by atoms with Crippen molar-refractivity contribution in [2.75, 3.05) is 7.05 Å². The summed E-state index contributed by atoms with van der Waals surface area (Å²) in [6.07, 6.45) is 4.23. The van der Waals surface area contributed by atoms with Crippen LogP contribution in [0, 0.1) is 5.92 Å². The molecule has 0 saturated carbocycles. The lowest BCUT2D eigenvalue weighted by Gasteiger charge is -2.24. The number of urea groups is 1. The SMILES string of the molecule is CC(NC(=O)N(C)Cc1csc(C(C)C)n1)C(=O)CC(CCC(Cc1ccccc1)NC(=O)OCc1cncs1)Cc1ccccc1. The second-order valence-corrected chi connectivity index (χ2v) is 14.1. The van der Waals surface area contributed by atoms with E-state index >= 15 is 0 Å². The van der Waals surface area contributed by atoms with Gasteiger partial charge in [0.2, 0.25) is 0 Å². The van der Waals surface area contributed by atoms with E-state index < -0.39 is 12.1 Å². The number of ketones is 1. The van der Waals surface area contributed by atoms with Crippen molar-refractivity contribution in [1.82, 2.24) is 25.5 Å². The van der Waals surface area contributed by atoms with Gasteiger partial charge in [0.1, 0.15) is 6.61 Å². The maximum absolute atomic E-state index is 13.5. The zero-order valence-electron chi connectivity index (χ0n) is 27.6. The van der Waals surface area contributed by atoms with Gasteiger partial charge in [0, 0.05) is 37.0 Å². The molecule has 2 N–H and O–H groups in total. The Morgan fingerprint density at radius 2 is 1.57 bits per heavy atom.